The van der Waals surface area contributed by atoms with Gasteiger partial charge in [-0.25, -0.2) is 10.5 Å². The molecule has 186 valence electrons. The predicted octanol–water partition coefficient (Wildman–Crippen LogP) is 5.30. The number of aromatic nitrogens is 2. The van der Waals surface area contributed by atoms with Crippen LogP contribution in [0.2, 0.25) is 0 Å². The van der Waals surface area contributed by atoms with Crippen LogP contribution in [0.5, 0.6) is 0 Å². The van der Waals surface area contributed by atoms with E-state index in [1.807, 2.05) is 0 Å². The van der Waals surface area contributed by atoms with Gasteiger partial charge in [0, 0.05) is 35.1 Å². The molecule has 0 aliphatic heterocycles. The van der Waals surface area contributed by atoms with E-state index >= 15 is 0 Å². The Bertz CT molecular complexity index is 1230. The third-order valence-corrected chi connectivity index (χ3v) is 8.62. The zero-order chi connectivity index (χ0) is 25.6. The molecule has 3 aromatic rings. The molecule has 3 N–H and O–H groups in total. The minimum absolute atomic E-state index is 0.0961. The van der Waals surface area contributed by atoms with Crippen molar-refractivity contribution >= 4 is 41.5 Å². The number of para-hydroxylation sites is 1. The van der Waals surface area contributed by atoms with Crippen molar-refractivity contribution in [1.82, 2.24) is 15.4 Å². The number of anilines is 4. The highest BCUT2D eigenvalue weighted by Gasteiger charge is 2.36. The van der Waals surface area contributed by atoms with Crippen molar-refractivity contribution in [3.05, 3.63) is 65.9 Å². The minimum Gasteiger partial charge on any atom is -0.339 e. The van der Waals surface area contributed by atoms with Crippen molar-refractivity contribution in [2.75, 3.05) is 30.1 Å². The molecular weight excluding hydrogens is 482 g/mol. The number of carbonyl (C=O) groups is 1. The topological polar surface area (TPSA) is 105 Å². The Morgan fingerprint density at radius 1 is 1.03 bits per heavy atom. The number of alkyl halides is 3. The van der Waals surface area contributed by atoms with Gasteiger partial charge in [-0.3, -0.25) is 9.63 Å². The maximum Gasteiger partial charge on any atom is 0.421 e. The zero-order valence-corrected chi connectivity index (χ0v) is 20.2. The van der Waals surface area contributed by atoms with Crippen LogP contribution >= 0.6 is 7.14 Å². The Morgan fingerprint density at radius 3 is 2.29 bits per heavy atom. The molecule has 0 bridgehead atoms. The van der Waals surface area contributed by atoms with Crippen LogP contribution in [-0.2, 0) is 15.6 Å². The van der Waals surface area contributed by atoms with Crippen molar-refractivity contribution in [2.45, 2.75) is 20.0 Å². The summed E-state index contributed by atoms with van der Waals surface area (Å²) in [5, 5.41) is 6.03. The van der Waals surface area contributed by atoms with E-state index in [9.17, 15) is 22.5 Å². The normalized spacial score (nSPS) is 11.7. The second kappa shape index (κ2) is 10.9. The molecule has 0 unspecified atom stereocenters. The summed E-state index contributed by atoms with van der Waals surface area (Å²) in [6.45, 7) is 3.58. The molecule has 1 heterocycles. The van der Waals surface area contributed by atoms with Crippen molar-refractivity contribution in [3.8, 4) is 0 Å². The maximum absolute atomic E-state index is 13.7. The first-order valence-corrected chi connectivity index (χ1v) is 12.8. The molecule has 0 saturated carbocycles. The van der Waals surface area contributed by atoms with E-state index in [1.165, 1.54) is 19.2 Å². The second-order valence-corrected chi connectivity index (χ2v) is 11.0. The molecule has 8 nitrogen and oxygen atoms in total. The van der Waals surface area contributed by atoms with Gasteiger partial charge in [0.05, 0.1) is 12.8 Å². The van der Waals surface area contributed by atoms with Crippen molar-refractivity contribution < 1.29 is 27.4 Å². The van der Waals surface area contributed by atoms with Crippen LogP contribution < -0.4 is 21.4 Å². The summed E-state index contributed by atoms with van der Waals surface area (Å²) in [5.74, 6) is -1.02. The number of carbonyl (C=O) groups excluding carboxylic acids is 1. The van der Waals surface area contributed by atoms with Gasteiger partial charge in [-0.1, -0.05) is 26.0 Å². The highest BCUT2D eigenvalue weighted by molar-refractivity contribution is 7.71. The smallest absolute Gasteiger partial charge is 0.339 e. The zero-order valence-electron chi connectivity index (χ0n) is 19.3. The van der Waals surface area contributed by atoms with Gasteiger partial charge in [-0.15, -0.1) is 0 Å². The quantitative estimate of drug-likeness (QED) is 0.267. The standard InChI is InChI=1S/C23H25F3N5O3P/c1-4-35(33,5-2)19-9-7-6-8-18(19)29-20-17(23(24,25)26)14-27-22(30-20)28-16-12-10-15(11-13-16)21(32)31-34-3/h6-14H,4-5H2,1-3H3,(H,31,32)(H2,27,28,29,30). The highest BCUT2D eigenvalue weighted by atomic mass is 31.2. The SMILES string of the molecule is CCP(=O)(CC)c1ccccc1Nc1nc(Nc2ccc(C(=O)NOC)cc2)ncc1C(F)(F)F. The fourth-order valence-corrected chi connectivity index (χ4v) is 5.41. The first-order valence-electron chi connectivity index (χ1n) is 10.7. The number of hydrogen-bond acceptors (Lipinski definition) is 7. The van der Waals surface area contributed by atoms with Crippen LogP contribution in [0.3, 0.4) is 0 Å². The number of benzene rings is 2. The summed E-state index contributed by atoms with van der Waals surface area (Å²) in [7, 11) is -1.48. The van der Waals surface area contributed by atoms with Crippen molar-refractivity contribution in [3.63, 3.8) is 0 Å². The van der Waals surface area contributed by atoms with Crippen molar-refractivity contribution in [1.29, 1.82) is 0 Å². The van der Waals surface area contributed by atoms with E-state index in [0.29, 0.717) is 40.8 Å². The number of hydroxylamine groups is 1. The number of amides is 1. The summed E-state index contributed by atoms with van der Waals surface area (Å²) in [5.41, 5.74) is 2.19. The molecule has 0 aliphatic rings. The molecule has 0 saturated heterocycles. The Labute approximate surface area is 200 Å². The van der Waals surface area contributed by atoms with Crippen LogP contribution in [0.1, 0.15) is 29.8 Å². The number of hydrogen-bond donors (Lipinski definition) is 3. The Hall–Kier alpha value is -3.43. The largest absolute Gasteiger partial charge is 0.421 e. The number of rotatable bonds is 9. The fraction of sp³-hybridized carbons (Fsp3) is 0.261. The van der Waals surface area contributed by atoms with Crippen molar-refractivity contribution in [2.24, 2.45) is 0 Å². The van der Waals surface area contributed by atoms with Crippen LogP contribution in [-0.4, -0.2) is 35.3 Å². The Morgan fingerprint density at radius 2 is 1.69 bits per heavy atom. The van der Waals surface area contributed by atoms with E-state index in [-0.39, 0.29) is 5.95 Å². The van der Waals surface area contributed by atoms with Gasteiger partial charge < -0.3 is 15.2 Å². The summed E-state index contributed by atoms with van der Waals surface area (Å²) >= 11 is 0. The van der Waals surface area contributed by atoms with Gasteiger partial charge in [0.2, 0.25) is 5.95 Å². The fourth-order valence-electron chi connectivity index (χ4n) is 3.36. The highest BCUT2D eigenvalue weighted by Crippen LogP contribution is 2.46. The molecule has 0 atom stereocenters. The molecule has 0 radical (unpaired) electrons. The molecule has 35 heavy (non-hydrogen) atoms. The van der Waals surface area contributed by atoms with E-state index in [1.54, 1.807) is 50.2 Å². The van der Waals surface area contributed by atoms with Gasteiger partial charge in [-0.2, -0.15) is 18.2 Å². The summed E-state index contributed by atoms with van der Waals surface area (Å²) in [4.78, 5) is 24.2. The van der Waals surface area contributed by atoms with Gasteiger partial charge in [0.15, 0.2) is 0 Å². The number of nitrogens with one attached hydrogen (secondary N) is 3. The van der Waals surface area contributed by atoms with E-state index in [4.69, 9.17) is 0 Å². The number of nitrogens with zero attached hydrogens (tertiary/aromatic N) is 2. The molecular formula is C23H25F3N5O3P. The summed E-state index contributed by atoms with van der Waals surface area (Å²) in [6.07, 6.45) is -3.28. The van der Waals surface area contributed by atoms with Crippen LogP contribution in [0.4, 0.5) is 36.3 Å². The molecule has 0 aliphatic carbocycles. The molecule has 0 fully saturated rings. The Kier molecular flexibility index (Phi) is 8.14. The molecule has 1 aromatic heterocycles. The van der Waals surface area contributed by atoms with Crippen LogP contribution in [0.15, 0.2) is 54.7 Å². The van der Waals surface area contributed by atoms with E-state index < -0.39 is 30.6 Å². The monoisotopic (exact) mass is 507 g/mol. The molecule has 3 rings (SSSR count). The average molecular weight is 507 g/mol. The lowest BCUT2D eigenvalue weighted by atomic mass is 10.2. The predicted molar refractivity (Wildman–Crippen MR) is 129 cm³/mol. The summed E-state index contributed by atoms with van der Waals surface area (Å²) < 4.78 is 54.5. The van der Waals surface area contributed by atoms with E-state index in [2.05, 4.69) is 30.9 Å². The van der Waals surface area contributed by atoms with Gasteiger partial charge in [0.1, 0.15) is 18.5 Å². The third kappa shape index (κ3) is 6.17. The molecule has 12 heteroatoms. The molecule has 1 amide bonds. The van der Waals surface area contributed by atoms with E-state index in [0.717, 1.165) is 0 Å². The second-order valence-electron chi connectivity index (χ2n) is 7.46. The summed E-state index contributed by atoms with van der Waals surface area (Å²) in [6, 6.07) is 12.7. The Balaban J connectivity index is 1.96. The van der Waals surface area contributed by atoms with Gasteiger partial charge >= 0.3 is 6.18 Å². The van der Waals surface area contributed by atoms with Crippen LogP contribution in [0.25, 0.3) is 0 Å². The lowest BCUT2D eigenvalue weighted by Gasteiger charge is -2.21. The molecule has 0 spiro atoms. The van der Waals surface area contributed by atoms with Gasteiger partial charge in [-0.05, 0) is 36.4 Å². The number of halogens is 3. The lowest BCUT2D eigenvalue weighted by Crippen LogP contribution is -2.21. The van der Waals surface area contributed by atoms with Gasteiger partial charge in [0.25, 0.3) is 5.91 Å². The molecule has 2 aromatic carbocycles. The average Bonchev–Trinajstić information content (AvgIpc) is 2.84. The third-order valence-electron chi connectivity index (χ3n) is 5.31. The minimum atomic E-state index is -4.72. The first kappa shape index (κ1) is 26.2. The first-order chi connectivity index (χ1) is 16.6. The van der Waals surface area contributed by atoms with Crippen LogP contribution in [0, 0.1) is 0 Å². The maximum atomic E-state index is 13.7. The lowest BCUT2D eigenvalue weighted by molar-refractivity contribution is -0.137.